The van der Waals surface area contributed by atoms with Crippen LogP contribution in [0.25, 0.3) is 0 Å². The number of halogens is 2. The molecular weight excluding hydrogens is 256 g/mol. The Kier molecular flexibility index (Phi) is 4.50. The van der Waals surface area contributed by atoms with Gasteiger partial charge in [-0.3, -0.25) is 0 Å². The molecule has 1 atom stereocenters. The highest BCUT2D eigenvalue weighted by atomic mass is 19.1. The van der Waals surface area contributed by atoms with Gasteiger partial charge in [-0.1, -0.05) is 38.1 Å². The summed E-state index contributed by atoms with van der Waals surface area (Å²) >= 11 is 0. The van der Waals surface area contributed by atoms with Crippen LogP contribution in [0.15, 0.2) is 42.5 Å². The summed E-state index contributed by atoms with van der Waals surface area (Å²) in [5, 5.41) is 0. The summed E-state index contributed by atoms with van der Waals surface area (Å²) in [4.78, 5) is 0. The van der Waals surface area contributed by atoms with Crippen molar-refractivity contribution in [2.45, 2.75) is 26.3 Å². The van der Waals surface area contributed by atoms with Crippen LogP contribution in [-0.4, -0.2) is 0 Å². The molecule has 2 N–H and O–H groups in total. The second kappa shape index (κ2) is 6.14. The van der Waals surface area contributed by atoms with Gasteiger partial charge in [-0.25, -0.2) is 8.78 Å². The Morgan fingerprint density at radius 2 is 1.45 bits per heavy atom. The lowest BCUT2D eigenvalue weighted by Crippen LogP contribution is -2.12. The van der Waals surface area contributed by atoms with Crippen LogP contribution < -0.4 is 5.73 Å². The highest BCUT2D eigenvalue weighted by Gasteiger charge is 2.11. The van der Waals surface area contributed by atoms with Crippen LogP contribution in [0.2, 0.25) is 0 Å². The number of benzene rings is 2. The molecule has 1 unspecified atom stereocenters. The van der Waals surface area contributed by atoms with Crippen LogP contribution >= 0.6 is 0 Å². The third-order valence-corrected chi connectivity index (χ3v) is 3.23. The predicted molar refractivity (Wildman–Crippen MR) is 77.4 cm³/mol. The van der Waals surface area contributed by atoms with Crippen molar-refractivity contribution in [3.63, 3.8) is 0 Å². The van der Waals surface area contributed by atoms with Crippen molar-refractivity contribution in [2.75, 3.05) is 0 Å². The van der Waals surface area contributed by atoms with E-state index in [2.05, 4.69) is 13.8 Å². The molecule has 2 aromatic carbocycles. The molecule has 2 aromatic rings. The molecule has 0 saturated carbocycles. The molecule has 0 amide bonds. The molecule has 0 aliphatic carbocycles. The molecule has 0 spiro atoms. The quantitative estimate of drug-likeness (QED) is 0.888. The van der Waals surface area contributed by atoms with Crippen molar-refractivity contribution >= 4 is 0 Å². The highest BCUT2D eigenvalue weighted by Crippen LogP contribution is 2.22. The van der Waals surface area contributed by atoms with Gasteiger partial charge >= 0.3 is 0 Å². The topological polar surface area (TPSA) is 26.0 Å². The van der Waals surface area contributed by atoms with Crippen LogP contribution in [0.1, 0.15) is 36.6 Å². The molecule has 106 valence electrons. The van der Waals surface area contributed by atoms with Crippen molar-refractivity contribution in [2.24, 2.45) is 11.7 Å². The van der Waals surface area contributed by atoms with Gasteiger partial charge in [0, 0.05) is 6.07 Å². The van der Waals surface area contributed by atoms with E-state index in [-0.39, 0.29) is 0 Å². The van der Waals surface area contributed by atoms with Gasteiger partial charge in [-0.2, -0.15) is 0 Å². The van der Waals surface area contributed by atoms with Crippen LogP contribution in [0, 0.1) is 17.6 Å². The third kappa shape index (κ3) is 3.64. The molecule has 3 heteroatoms. The van der Waals surface area contributed by atoms with E-state index >= 15 is 0 Å². The smallest absolute Gasteiger partial charge is 0.126 e. The molecule has 20 heavy (non-hydrogen) atoms. The number of hydrogen-bond acceptors (Lipinski definition) is 1. The van der Waals surface area contributed by atoms with E-state index in [9.17, 15) is 8.78 Å². The zero-order valence-electron chi connectivity index (χ0n) is 11.7. The van der Waals surface area contributed by atoms with Crippen LogP contribution in [0.5, 0.6) is 0 Å². The van der Waals surface area contributed by atoms with Crippen molar-refractivity contribution < 1.29 is 8.78 Å². The Labute approximate surface area is 118 Å². The lowest BCUT2D eigenvalue weighted by atomic mass is 9.96. The van der Waals surface area contributed by atoms with Gasteiger partial charge in [-0.15, -0.1) is 0 Å². The first-order chi connectivity index (χ1) is 9.45. The molecule has 0 aliphatic rings. The molecule has 1 nitrogen and oxygen atoms in total. The molecule has 0 aliphatic heterocycles. The minimum Gasteiger partial charge on any atom is -0.320 e. The van der Waals surface area contributed by atoms with E-state index in [0.29, 0.717) is 11.5 Å². The van der Waals surface area contributed by atoms with E-state index in [0.717, 1.165) is 18.1 Å². The maximum atomic E-state index is 13.2. The number of hydrogen-bond donors (Lipinski definition) is 1. The average Bonchev–Trinajstić information content (AvgIpc) is 2.37. The van der Waals surface area contributed by atoms with Crippen molar-refractivity contribution in [3.8, 4) is 0 Å². The van der Waals surface area contributed by atoms with Gasteiger partial charge in [0.25, 0.3) is 0 Å². The summed E-state index contributed by atoms with van der Waals surface area (Å²) < 4.78 is 26.4. The normalized spacial score (nSPS) is 12.7. The van der Waals surface area contributed by atoms with Gasteiger partial charge in [-0.05, 0) is 41.2 Å². The first-order valence-electron chi connectivity index (χ1n) is 6.76. The van der Waals surface area contributed by atoms with E-state index in [1.165, 1.54) is 17.7 Å². The second-order valence-corrected chi connectivity index (χ2v) is 5.52. The largest absolute Gasteiger partial charge is 0.320 e. The molecule has 0 saturated heterocycles. The maximum Gasteiger partial charge on any atom is 0.126 e. The summed E-state index contributed by atoms with van der Waals surface area (Å²) in [5.41, 5.74) is 8.60. The van der Waals surface area contributed by atoms with Crippen LogP contribution in [0.4, 0.5) is 8.78 Å². The summed E-state index contributed by atoms with van der Waals surface area (Å²) in [6, 6.07) is 10.8. The standard InChI is InChI=1S/C17H19F2N/c1-11(2)7-12-3-5-13(6-4-12)17(20)14-8-15(18)10-16(19)9-14/h3-6,8-11,17H,7,20H2,1-2H3. The summed E-state index contributed by atoms with van der Waals surface area (Å²) in [5.74, 6) is -0.620. The first kappa shape index (κ1) is 14.7. The lowest BCUT2D eigenvalue weighted by molar-refractivity contribution is 0.577. The fourth-order valence-corrected chi connectivity index (χ4v) is 2.28. The summed E-state index contributed by atoms with van der Waals surface area (Å²) in [7, 11) is 0. The maximum absolute atomic E-state index is 13.2. The Morgan fingerprint density at radius 3 is 1.95 bits per heavy atom. The first-order valence-corrected chi connectivity index (χ1v) is 6.76. The predicted octanol–water partition coefficient (Wildman–Crippen LogP) is 4.21. The van der Waals surface area contributed by atoms with Crippen LogP contribution in [-0.2, 0) is 6.42 Å². The fourth-order valence-electron chi connectivity index (χ4n) is 2.28. The Morgan fingerprint density at radius 1 is 0.900 bits per heavy atom. The van der Waals surface area contributed by atoms with Gasteiger partial charge < -0.3 is 5.73 Å². The molecular formula is C17H19F2N. The van der Waals surface area contributed by atoms with E-state index < -0.39 is 17.7 Å². The highest BCUT2D eigenvalue weighted by molar-refractivity contribution is 5.33. The molecule has 0 fully saturated rings. The van der Waals surface area contributed by atoms with Crippen molar-refractivity contribution in [3.05, 3.63) is 70.8 Å². The van der Waals surface area contributed by atoms with Crippen molar-refractivity contribution in [1.82, 2.24) is 0 Å². The van der Waals surface area contributed by atoms with Gasteiger partial charge in [0.05, 0.1) is 6.04 Å². The van der Waals surface area contributed by atoms with E-state index in [1.54, 1.807) is 0 Å². The van der Waals surface area contributed by atoms with E-state index in [4.69, 9.17) is 5.73 Å². The summed E-state index contributed by atoms with van der Waals surface area (Å²) in [6.45, 7) is 4.32. The zero-order valence-corrected chi connectivity index (χ0v) is 11.7. The molecule has 0 bridgehead atoms. The Bertz CT molecular complexity index is 556. The van der Waals surface area contributed by atoms with Crippen LogP contribution in [0.3, 0.4) is 0 Å². The fraction of sp³-hybridized carbons (Fsp3) is 0.294. The number of nitrogens with two attached hydrogens (primary N) is 1. The monoisotopic (exact) mass is 275 g/mol. The number of rotatable bonds is 4. The second-order valence-electron chi connectivity index (χ2n) is 5.52. The molecule has 0 aromatic heterocycles. The van der Waals surface area contributed by atoms with E-state index in [1.807, 2.05) is 24.3 Å². The Balaban J connectivity index is 2.22. The molecule has 2 rings (SSSR count). The molecule has 0 radical (unpaired) electrons. The average molecular weight is 275 g/mol. The van der Waals surface area contributed by atoms with Crippen molar-refractivity contribution in [1.29, 1.82) is 0 Å². The Hall–Kier alpha value is -1.74. The minimum atomic E-state index is -0.605. The molecule has 0 heterocycles. The van der Waals surface area contributed by atoms with Gasteiger partial charge in [0.2, 0.25) is 0 Å². The van der Waals surface area contributed by atoms with Gasteiger partial charge in [0.15, 0.2) is 0 Å². The third-order valence-electron chi connectivity index (χ3n) is 3.23. The SMILES string of the molecule is CC(C)Cc1ccc(C(N)c2cc(F)cc(F)c2)cc1. The van der Waals surface area contributed by atoms with Gasteiger partial charge in [0.1, 0.15) is 11.6 Å². The lowest BCUT2D eigenvalue weighted by Gasteiger charge is -2.14. The zero-order chi connectivity index (χ0) is 14.7. The summed E-state index contributed by atoms with van der Waals surface area (Å²) in [6.07, 6.45) is 1.00. The minimum absolute atomic E-state index is 0.444.